The highest BCUT2D eigenvalue weighted by Gasteiger charge is 2.27. The van der Waals surface area contributed by atoms with Crippen molar-refractivity contribution >= 4 is 21.6 Å². The van der Waals surface area contributed by atoms with Crippen LogP contribution in [-0.4, -0.2) is 19.8 Å². The highest BCUT2D eigenvalue weighted by Crippen LogP contribution is 2.21. The fourth-order valence-electron chi connectivity index (χ4n) is 2.74. The lowest BCUT2D eigenvalue weighted by molar-refractivity contribution is 0.600. The van der Waals surface area contributed by atoms with Crippen LogP contribution in [-0.2, 0) is 10.2 Å². The summed E-state index contributed by atoms with van der Waals surface area (Å²) in [6.45, 7) is 15.4. The third-order valence-corrected chi connectivity index (χ3v) is 4.78. The van der Waals surface area contributed by atoms with E-state index in [1.54, 1.807) is 0 Å². The standard InChI is InChI=1S/C10H14O2.C8H14N2O2S/c1-5(2)7-8(6(3)4)10(12)9(7)11;1-5(2)7-8(6(3)4)10-13(11,12)9-7/h5-6H,1-4H3;5-6H,1-4H3. The molecule has 0 N–H and O–H groups in total. The average Bonchev–Trinajstić information content (AvgIpc) is 2.79. The summed E-state index contributed by atoms with van der Waals surface area (Å²) in [5, 5.41) is 0. The number of nitrogens with zero attached hydrogens (tertiary/aromatic N) is 2. The summed E-state index contributed by atoms with van der Waals surface area (Å²) < 4.78 is 29.4. The van der Waals surface area contributed by atoms with Gasteiger partial charge < -0.3 is 0 Å². The van der Waals surface area contributed by atoms with Crippen LogP contribution in [0.3, 0.4) is 0 Å². The molecule has 0 fully saturated rings. The second-order valence-corrected chi connectivity index (χ2v) is 8.77. The molecule has 0 radical (unpaired) electrons. The van der Waals surface area contributed by atoms with E-state index in [2.05, 4.69) is 8.80 Å². The van der Waals surface area contributed by atoms with Crippen molar-refractivity contribution in [3.8, 4) is 0 Å². The van der Waals surface area contributed by atoms with Gasteiger partial charge in [0.1, 0.15) is 0 Å². The lowest BCUT2D eigenvalue weighted by Crippen LogP contribution is -2.41. The Morgan fingerprint density at radius 3 is 1.08 bits per heavy atom. The third-order valence-electron chi connectivity index (χ3n) is 3.92. The highest BCUT2D eigenvalue weighted by molar-refractivity contribution is 7.89. The molecule has 0 atom stereocenters. The van der Waals surface area contributed by atoms with Crippen LogP contribution in [0.15, 0.2) is 18.4 Å². The molecule has 1 heterocycles. The monoisotopic (exact) mass is 368 g/mol. The molecule has 25 heavy (non-hydrogen) atoms. The van der Waals surface area contributed by atoms with Crippen molar-refractivity contribution < 1.29 is 8.42 Å². The Labute approximate surface area is 150 Å². The van der Waals surface area contributed by atoms with Crippen molar-refractivity contribution in [1.82, 2.24) is 0 Å². The van der Waals surface area contributed by atoms with E-state index in [4.69, 9.17) is 0 Å². The Morgan fingerprint density at radius 1 is 0.600 bits per heavy atom. The molecule has 7 heteroatoms. The van der Waals surface area contributed by atoms with Crippen LogP contribution in [0.25, 0.3) is 0 Å². The zero-order chi connectivity index (χ0) is 19.7. The Hall–Kier alpha value is -1.63. The van der Waals surface area contributed by atoms with Crippen molar-refractivity contribution in [3.63, 3.8) is 0 Å². The summed E-state index contributed by atoms with van der Waals surface area (Å²) in [5.74, 6) is 0.594. The van der Waals surface area contributed by atoms with Gasteiger partial charge >= 0.3 is 10.2 Å². The van der Waals surface area contributed by atoms with E-state index in [1.165, 1.54) is 0 Å². The maximum Gasteiger partial charge on any atom is 0.363 e. The minimum absolute atomic E-state index is 0.110. The molecule has 1 aliphatic heterocycles. The fraction of sp³-hybridized carbons (Fsp3) is 0.667. The van der Waals surface area contributed by atoms with Crippen LogP contribution in [0.2, 0.25) is 0 Å². The van der Waals surface area contributed by atoms with Crippen LogP contribution in [0, 0.1) is 11.8 Å². The first-order valence-corrected chi connectivity index (χ1v) is 9.97. The van der Waals surface area contributed by atoms with Gasteiger partial charge in [0.15, 0.2) is 0 Å². The summed E-state index contributed by atoms with van der Waals surface area (Å²) in [5.41, 5.74) is 2.16. The zero-order valence-electron chi connectivity index (χ0n) is 16.2. The molecule has 0 amide bonds. The molecule has 1 aromatic rings. The van der Waals surface area contributed by atoms with E-state index in [-0.39, 0.29) is 34.5 Å². The molecule has 0 saturated carbocycles. The largest absolute Gasteiger partial charge is 0.363 e. The van der Waals surface area contributed by atoms with Gasteiger partial charge in [0.05, 0.1) is 11.4 Å². The lowest BCUT2D eigenvalue weighted by atomic mass is 9.85. The summed E-state index contributed by atoms with van der Waals surface area (Å²) in [6, 6.07) is 0. The SMILES string of the molecule is CC(C)C1=NS(=O)(=O)N=C1C(C)C.CC(C)c1c(C(C)C)c(=O)c1=O. The first-order valence-electron chi connectivity index (χ1n) is 8.58. The van der Waals surface area contributed by atoms with E-state index in [1.807, 2.05) is 55.4 Å². The average molecular weight is 368 g/mol. The van der Waals surface area contributed by atoms with Gasteiger partial charge in [0, 0.05) is 11.1 Å². The van der Waals surface area contributed by atoms with Gasteiger partial charge in [-0.3, -0.25) is 9.59 Å². The number of hydrogen-bond donors (Lipinski definition) is 0. The third kappa shape index (κ3) is 4.71. The summed E-state index contributed by atoms with van der Waals surface area (Å²) >= 11 is 0. The molecule has 0 aliphatic carbocycles. The quantitative estimate of drug-likeness (QED) is 0.764. The fourth-order valence-corrected chi connectivity index (χ4v) is 3.88. The molecular formula is C18H28N2O4S. The van der Waals surface area contributed by atoms with E-state index >= 15 is 0 Å². The summed E-state index contributed by atoms with van der Waals surface area (Å²) in [6.07, 6.45) is 0. The Balaban J connectivity index is 0.000000251. The minimum Gasteiger partial charge on any atom is -0.285 e. The van der Waals surface area contributed by atoms with Crippen molar-refractivity contribution in [2.24, 2.45) is 20.6 Å². The van der Waals surface area contributed by atoms with Crippen LogP contribution >= 0.6 is 0 Å². The van der Waals surface area contributed by atoms with Crippen LogP contribution in [0.1, 0.15) is 78.4 Å². The molecule has 0 spiro atoms. The molecule has 2 rings (SSSR count). The van der Waals surface area contributed by atoms with Gasteiger partial charge in [-0.2, -0.15) is 8.42 Å². The highest BCUT2D eigenvalue weighted by atomic mass is 32.2. The van der Waals surface area contributed by atoms with Gasteiger partial charge in [0.2, 0.25) is 10.9 Å². The molecule has 140 valence electrons. The molecule has 6 nitrogen and oxygen atoms in total. The van der Waals surface area contributed by atoms with Crippen molar-refractivity contribution in [1.29, 1.82) is 0 Å². The topological polar surface area (TPSA) is 93.0 Å². The maximum atomic E-state index is 11.1. The van der Waals surface area contributed by atoms with Crippen molar-refractivity contribution in [2.45, 2.75) is 67.2 Å². The minimum atomic E-state index is -3.56. The first kappa shape index (κ1) is 21.4. The van der Waals surface area contributed by atoms with Gasteiger partial charge in [-0.25, -0.2) is 0 Å². The van der Waals surface area contributed by atoms with Gasteiger partial charge in [-0.05, 0) is 23.7 Å². The second-order valence-electron chi connectivity index (χ2n) is 7.51. The molecule has 1 aromatic carbocycles. The molecule has 0 saturated heterocycles. The van der Waals surface area contributed by atoms with Gasteiger partial charge in [0.25, 0.3) is 0 Å². The van der Waals surface area contributed by atoms with E-state index in [0.717, 1.165) is 11.1 Å². The molecule has 0 bridgehead atoms. The predicted octanol–water partition coefficient (Wildman–Crippen LogP) is 2.97. The molecule has 0 aromatic heterocycles. The normalized spacial score (nSPS) is 16.5. The van der Waals surface area contributed by atoms with Crippen molar-refractivity contribution in [2.75, 3.05) is 0 Å². The summed E-state index contributed by atoms with van der Waals surface area (Å²) in [7, 11) is -3.56. The Kier molecular flexibility index (Phi) is 6.61. The lowest BCUT2D eigenvalue weighted by Gasteiger charge is -2.16. The van der Waals surface area contributed by atoms with Gasteiger partial charge in [-0.1, -0.05) is 55.4 Å². The van der Waals surface area contributed by atoms with E-state index in [0.29, 0.717) is 11.4 Å². The predicted molar refractivity (Wildman–Crippen MR) is 103 cm³/mol. The van der Waals surface area contributed by atoms with Gasteiger partial charge in [-0.15, -0.1) is 8.80 Å². The Bertz CT molecular complexity index is 800. The van der Waals surface area contributed by atoms with E-state index < -0.39 is 10.2 Å². The number of rotatable bonds is 4. The smallest absolute Gasteiger partial charge is 0.285 e. The first-order chi connectivity index (χ1) is 11.3. The van der Waals surface area contributed by atoms with Crippen LogP contribution in [0.5, 0.6) is 0 Å². The van der Waals surface area contributed by atoms with Crippen molar-refractivity contribution in [3.05, 3.63) is 31.6 Å². The Morgan fingerprint density at radius 2 is 0.880 bits per heavy atom. The molecular weight excluding hydrogens is 340 g/mol. The van der Waals surface area contributed by atoms with Crippen LogP contribution in [0.4, 0.5) is 0 Å². The van der Waals surface area contributed by atoms with Crippen LogP contribution < -0.4 is 10.9 Å². The molecule has 0 unspecified atom stereocenters. The zero-order valence-corrected chi connectivity index (χ0v) is 17.1. The molecule has 1 aliphatic rings. The maximum absolute atomic E-state index is 11.1. The number of hydrogen-bond acceptors (Lipinski definition) is 4. The summed E-state index contributed by atoms with van der Waals surface area (Å²) in [4.78, 5) is 22.2. The van der Waals surface area contributed by atoms with E-state index in [9.17, 15) is 18.0 Å². The second kappa shape index (κ2) is 7.72.